The van der Waals surface area contributed by atoms with E-state index in [1.807, 2.05) is 6.07 Å². The Hall–Kier alpha value is -1.83. The fraction of sp³-hybridized carbons (Fsp3) is 0.353. The molecule has 0 spiro atoms. The Morgan fingerprint density at radius 2 is 2.05 bits per heavy atom. The number of nitrogens with zero attached hydrogens (tertiary/aromatic N) is 1. The lowest BCUT2D eigenvalue weighted by Crippen LogP contribution is -2.23. The first-order valence-electron chi connectivity index (χ1n) is 7.12. The van der Waals surface area contributed by atoms with Crippen molar-refractivity contribution in [3.8, 4) is 0 Å². The van der Waals surface area contributed by atoms with Gasteiger partial charge in [-0.3, -0.25) is 4.79 Å². The molecular weight excluding hydrogens is 234 g/mol. The van der Waals surface area contributed by atoms with E-state index >= 15 is 0 Å². The van der Waals surface area contributed by atoms with Crippen molar-refractivity contribution >= 4 is 5.78 Å². The van der Waals surface area contributed by atoms with E-state index in [4.69, 9.17) is 0 Å². The molecule has 0 saturated heterocycles. The summed E-state index contributed by atoms with van der Waals surface area (Å²) in [4.78, 5) is 11.9. The van der Waals surface area contributed by atoms with Gasteiger partial charge in [0.2, 0.25) is 0 Å². The molecule has 1 aromatic heterocycles. The van der Waals surface area contributed by atoms with Crippen LogP contribution in [0.1, 0.15) is 45.9 Å². The van der Waals surface area contributed by atoms with Gasteiger partial charge in [0, 0.05) is 36.3 Å². The van der Waals surface area contributed by atoms with Crippen LogP contribution >= 0.6 is 0 Å². The Morgan fingerprint density at radius 3 is 2.95 bits per heavy atom. The average molecular weight is 251 g/mol. The summed E-state index contributed by atoms with van der Waals surface area (Å²) in [5.41, 5.74) is 5.22. The SMILES string of the molecule is O=C1CCCc2c1ccn2CC1Cc2ccccc21. The summed E-state index contributed by atoms with van der Waals surface area (Å²) >= 11 is 0. The van der Waals surface area contributed by atoms with Crippen molar-refractivity contribution in [1.29, 1.82) is 0 Å². The van der Waals surface area contributed by atoms with Crippen LogP contribution in [0.5, 0.6) is 0 Å². The number of hydrogen-bond donors (Lipinski definition) is 0. The topological polar surface area (TPSA) is 22.0 Å². The number of benzene rings is 1. The van der Waals surface area contributed by atoms with Gasteiger partial charge in [0.05, 0.1) is 0 Å². The number of aromatic nitrogens is 1. The third kappa shape index (κ3) is 1.66. The van der Waals surface area contributed by atoms with Crippen LogP contribution in [0.2, 0.25) is 0 Å². The van der Waals surface area contributed by atoms with Crippen LogP contribution in [0.3, 0.4) is 0 Å². The molecule has 2 aliphatic carbocycles. The minimum atomic E-state index is 0.328. The Labute approximate surface area is 113 Å². The summed E-state index contributed by atoms with van der Waals surface area (Å²) in [5.74, 6) is 0.957. The highest BCUT2D eigenvalue weighted by Gasteiger charge is 2.27. The number of fused-ring (bicyclic) bond motifs is 2. The third-order valence-electron chi connectivity index (χ3n) is 4.57. The first kappa shape index (κ1) is 11.0. The molecule has 0 fully saturated rings. The van der Waals surface area contributed by atoms with E-state index in [0.29, 0.717) is 11.7 Å². The van der Waals surface area contributed by atoms with E-state index in [1.165, 1.54) is 23.2 Å². The number of Topliss-reactive ketones (excluding diaryl/α,β-unsaturated/α-hetero) is 1. The van der Waals surface area contributed by atoms with Gasteiger partial charge in [-0.15, -0.1) is 0 Å². The molecule has 2 heteroatoms. The van der Waals surface area contributed by atoms with E-state index in [1.54, 1.807) is 0 Å². The zero-order chi connectivity index (χ0) is 12.8. The summed E-state index contributed by atoms with van der Waals surface area (Å²) in [6.45, 7) is 1.03. The maximum atomic E-state index is 11.9. The van der Waals surface area contributed by atoms with Gasteiger partial charge in [0.15, 0.2) is 5.78 Å². The van der Waals surface area contributed by atoms with Gasteiger partial charge < -0.3 is 4.57 Å². The first-order valence-corrected chi connectivity index (χ1v) is 7.12. The number of carbonyl (C=O) groups is 1. The van der Waals surface area contributed by atoms with Crippen molar-refractivity contribution in [2.24, 2.45) is 0 Å². The Morgan fingerprint density at radius 1 is 1.16 bits per heavy atom. The van der Waals surface area contributed by atoms with Gasteiger partial charge in [0.1, 0.15) is 0 Å². The second kappa shape index (κ2) is 4.09. The molecule has 2 aliphatic rings. The van der Waals surface area contributed by atoms with Gasteiger partial charge in [-0.05, 0) is 36.5 Å². The van der Waals surface area contributed by atoms with E-state index in [-0.39, 0.29) is 0 Å². The van der Waals surface area contributed by atoms with Crippen LogP contribution in [-0.4, -0.2) is 10.4 Å². The normalized spacial score (nSPS) is 20.6. The summed E-state index contributed by atoms with van der Waals surface area (Å²) in [6.07, 6.45) is 6.08. The highest BCUT2D eigenvalue weighted by molar-refractivity contribution is 5.98. The monoisotopic (exact) mass is 251 g/mol. The Balaban J connectivity index is 1.61. The lowest BCUT2D eigenvalue weighted by atomic mass is 9.77. The zero-order valence-electron chi connectivity index (χ0n) is 10.9. The molecule has 1 aromatic carbocycles. The lowest BCUT2D eigenvalue weighted by molar-refractivity contribution is 0.0971. The lowest BCUT2D eigenvalue weighted by Gasteiger charge is -2.31. The highest BCUT2D eigenvalue weighted by atomic mass is 16.1. The van der Waals surface area contributed by atoms with Crippen LogP contribution in [0.15, 0.2) is 36.5 Å². The Bertz CT molecular complexity index is 653. The minimum Gasteiger partial charge on any atom is -0.350 e. The van der Waals surface area contributed by atoms with Crippen molar-refractivity contribution < 1.29 is 4.79 Å². The third-order valence-corrected chi connectivity index (χ3v) is 4.57. The zero-order valence-corrected chi connectivity index (χ0v) is 10.9. The molecule has 0 N–H and O–H groups in total. The summed E-state index contributed by atoms with van der Waals surface area (Å²) in [6, 6.07) is 10.7. The molecule has 4 rings (SSSR count). The average Bonchev–Trinajstić information content (AvgIpc) is 2.81. The molecule has 0 radical (unpaired) electrons. The standard InChI is InChI=1S/C17H17NO/c19-17-7-3-6-16-15(17)8-9-18(16)11-13-10-12-4-1-2-5-14(12)13/h1-2,4-5,8-9,13H,3,6-7,10-11H2. The summed E-state index contributed by atoms with van der Waals surface area (Å²) < 4.78 is 2.31. The van der Waals surface area contributed by atoms with Crippen LogP contribution in [-0.2, 0) is 19.4 Å². The van der Waals surface area contributed by atoms with E-state index < -0.39 is 0 Å². The van der Waals surface area contributed by atoms with Crippen molar-refractivity contribution in [3.05, 3.63) is 58.9 Å². The number of hydrogen-bond acceptors (Lipinski definition) is 1. The molecule has 0 saturated carbocycles. The fourth-order valence-electron chi connectivity index (χ4n) is 3.52. The van der Waals surface area contributed by atoms with Gasteiger partial charge in [-0.2, -0.15) is 0 Å². The van der Waals surface area contributed by atoms with Crippen LogP contribution in [0.25, 0.3) is 0 Å². The van der Waals surface area contributed by atoms with Crippen LogP contribution in [0.4, 0.5) is 0 Å². The van der Waals surface area contributed by atoms with Crippen LogP contribution < -0.4 is 0 Å². The van der Waals surface area contributed by atoms with Gasteiger partial charge >= 0.3 is 0 Å². The van der Waals surface area contributed by atoms with E-state index in [2.05, 4.69) is 35.0 Å². The van der Waals surface area contributed by atoms with Crippen LogP contribution in [0, 0.1) is 0 Å². The highest BCUT2D eigenvalue weighted by Crippen LogP contribution is 2.36. The predicted octanol–water partition coefficient (Wildman–Crippen LogP) is 3.35. The maximum absolute atomic E-state index is 11.9. The van der Waals surface area contributed by atoms with Gasteiger partial charge in [0.25, 0.3) is 0 Å². The second-order valence-corrected chi connectivity index (χ2v) is 5.71. The maximum Gasteiger partial charge on any atom is 0.164 e. The quantitative estimate of drug-likeness (QED) is 0.802. The number of ketones is 1. The summed E-state index contributed by atoms with van der Waals surface area (Å²) in [7, 11) is 0. The molecular formula is C17H17NO. The Kier molecular flexibility index (Phi) is 2.37. The summed E-state index contributed by atoms with van der Waals surface area (Å²) in [5, 5.41) is 0. The molecule has 19 heavy (non-hydrogen) atoms. The predicted molar refractivity (Wildman–Crippen MR) is 74.6 cm³/mol. The molecule has 1 heterocycles. The molecule has 96 valence electrons. The minimum absolute atomic E-state index is 0.328. The smallest absolute Gasteiger partial charge is 0.164 e. The van der Waals surface area contributed by atoms with Crippen molar-refractivity contribution in [1.82, 2.24) is 4.57 Å². The molecule has 2 aromatic rings. The van der Waals surface area contributed by atoms with Crippen molar-refractivity contribution in [2.75, 3.05) is 0 Å². The largest absolute Gasteiger partial charge is 0.350 e. The van der Waals surface area contributed by atoms with Crippen molar-refractivity contribution in [3.63, 3.8) is 0 Å². The fourth-order valence-corrected chi connectivity index (χ4v) is 3.52. The number of rotatable bonds is 2. The van der Waals surface area contributed by atoms with Gasteiger partial charge in [-0.25, -0.2) is 0 Å². The molecule has 0 amide bonds. The second-order valence-electron chi connectivity index (χ2n) is 5.71. The molecule has 1 unspecified atom stereocenters. The van der Waals surface area contributed by atoms with E-state index in [0.717, 1.165) is 31.4 Å². The van der Waals surface area contributed by atoms with E-state index in [9.17, 15) is 4.79 Å². The molecule has 1 atom stereocenters. The molecule has 0 aliphatic heterocycles. The first-order chi connectivity index (χ1) is 9.33. The van der Waals surface area contributed by atoms with Crippen molar-refractivity contribution in [2.45, 2.75) is 38.1 Å². The molecule has 2 nitrogen and oxygen atoms in total. The molecule has 0 bridgehead atoms. The van der Waals surface area contributed by atoms with Gasteiger partial charge in [-0.1, -0.05) is 24.3 Å². The number of carbonyl (C=O) groups excluding carboxylic acids is 1.